The lowest BCUT2D eigenvalue weighted by Gasteiger charge is -2.29. The molecule has 4 nitrogen and oxygen atoms in total. The molecule has 0 aromatic heterocycles. The Morgan fingerprint density at radius 3 is 2.58 bits per heavy atom. The van der Waals surface area contributed by atoms with Gasteiger partial charge in [0.15, 0.2) is 0 Å². The van der Waals surface area contributed by atoms with Crippen LogP contribution in [0.25, 0.3) is 0 Å². The Kier molecular flexibility index (Phi) is 4.93. The number of carboxylic acid groups (broad SMARTS) is 1. The summed E-state index contributed by atoms with van der Waals surface area (Å²) in [6, 6.07) is 8.34. The number of aliphatic carboxylic acids is 1. The molecule has 0 radical (unpaired) electrons. The Hall–Kier alpha value is -1.39. The second-order valence-electron chi connectivity index (χ2n) is 5.30. The molecule has 1 fully saturated rings. The van der Waals surface area contributed by atoms with Crippen LogP contribution >= 0.6 is 0 Å². The molecule has 0 aliphatic carbocycles. The van der Waals surface area contributed by atoms with E-state index in [0.29, 0.717) is 6.04 Å². The van der Waals surface area contributed by atoms with Gasteiger partial charge in [0.2, 0.25) is 0 Å². The van der Waals surface area contributed by atoms with Crippen LogP contribution in [-0.4, -0.2) is 42.2 Å². The number of piperidine rings is 1. The Morgan fingerprint density at radius 2 is 1.95 bits per heavy atom. The summed E-state index contributed by atoms with van der Waals surface area (Å²) in [5, 5.41) is 12.5. The normalized spacial score (nSPS) is 17.5. The average Bonchev–Trinajstić information content (AvgIpc) is 2.39. The van der Waals surface area contributed by atoms with Gasteiger partial charge in [-0.2, -0.15) is 0 Å². The third kappa shape index (κ3) is 4.33. The summed E-state index contributed by atoms with van der Waals surface area (Å²) >= 11 is 0. The van der Waals surface area contributed by atoms with Gasteiger partial charge >= 0.3 is 5.97 Å². The first-order valence-electron chi connectivity index (χ1n) is 6.85. The number of hydrogen-bond acceptors (Lipinski definition) is 3. The molecule has 19 heavy (non-hydrogen) atoms. The molecule has 1 aromatic rings. The number of rotatable bonds is 5. The van der Waals surface area contributed by atoms with E-state index in [2.05, 4.69) is 17.3 Å². The lowest BCUT2D eigenvalue weighted by Crippen LogP contribution is -2.40. The van der Waals surface area contributed by atoms with Crippen molar-refractivity contribution in [3.8, 4) is 0 Å². The van der Waals surface area contributed by atoms with Crippen molar-refractivity contribution in [3.05, 3.63) is 35.4 Å². The van der Waals surface area contributed by atoms with E-state index in [-0.39, 0.29) is 6.42 Å². The summed E-state index contributed by atoms with van der Waals surface area (Å²) in [5.74, 6) is -0.772. The maximum Gasteiger partial charge on any atom is 0.307 e. The van der Waals surface area contributed by atoms with E-state index in [4.69, 9.17) is 5.11 Å². The van der Waals surface area contributed by atoms with Gasteiger partial charge in [0.25, 0.3) is 0 Å². The van der Waals surface area contributed by atoms with E-state index in [1.807, 2.05) is 24.3 Å². The van der Waals surface area contributed by atoms with Crippen LogP contribution in [0.3, 0.4) is 0 Å². The number of carbonyl (C=O) groups is 1. The van der Waals surface area contributed by atoms with Gasteiger partial charge in [-0.15, -0.1) is 0 Å². The zero-order valence-electron chi connectivity index (χ0n) is 11.4. The molecule has 1 heterocycles. The van der Waals surface area contributed by atoms with Crippen LogP contribution in [0.15, 0.2) is 24.3 Å². The number of hydrogen-bond donors (Lipinski definition) is 2. The van der Waals surface area contributed by atoms with Crippen molar-refractivity contribution in [2.45, 2.75) is 31.8 Å². The topological polar surface area (TPSA) is 52.6 Å². The van der Waals surface area contributed by atoms with E-state index in [0.717, 1.165) is 43.6 Å². The zero-order chi connectivity index (χ0) is 13.7. The highest BCUT2D eigenvalue weighted by Gasteiger charge is 2.16. The summed E-state index contributed by atoms with van der Waals surface area (Å²) in [6.07, 6.45) is 2.43. The van der Waals surface area contributed by atoms with Crippen molar-refractivity contribution < 1.29 is 9.90 Å². The van der Waals surface area contributed by atoms with Crippen LogP contribution < -0.4 is 5.32 Å². The van der Waals surface area contributed by atoms with Gasteiger partial charge in [0.1, 0.15) is 0 Å². The van der Waals surface area contributed by atoms with Gasteiger partial charge in [0.05, 0.1) is 6.42 Å². The summed E-state index contributed by atoms with van der Waals surface area (Å²) < 4.78 is 0. The Labute approximate surface area is 114 Å². The monoisotopic (exact) mass is 262 g/mol. The quantitative estimate of drug-likeness (QED) is 0.844. The Morgan fingerprint density at radius 1 is 1.32 bits per heavy atom. The predicted octanol–water partition coefficient (Wildman–Crippen LogP) is 1.50. The minimum absolute atomic E-state index is 0.102. The number of carboxylic acids is 1. The number of nitrogens with zero attached hydrogens (tertiary/aromatic N) is 1. The molecule has 0 bridgehead atoms. The van der Waals surface area contributed by atoms with Crippen molar-refractivity contribution in [2.75, 3.05) is 20.1 Å². The lowest BCUT2D eigenvalue weighted by atomic mass is 10.0. The standard InChI is InChI=1S/C15H22N2O2/c1-17-8-6-14(7-9-17)16-11-13-5-3-2-4-12(13)10-15(18)19/h2-5,14,16H,6-11H2,1H3,(H,18,19). The molecular formula is C15H22N2O2. The van der Waals surface area contributed by atoms with Gasteiger partial charge in [-0.25, -0.2) is 0 Å². The minimum Gasteiger partial charge on any atom is -0.481 e. The number of benzene rings is 1. The van der Waals surface area contributed by atoms with Gasteiger partial charge in [-0.05, 0) is 44.1 Å². The number of likely N-dealkylation sites (tertiary alicyclic amines) is 1. The van der Waals surface area contributed by atoms with Crippen molar-refractivity contribution in [1.29, 1.82) is 0 Å². The van der Waals surface area contributed by atoms with Gasteiger partial charge in [-0.3, -0.25) is 4.79 Å². The van der Waals surface area contributed by atoms with E-state index < -0.39 is 5.97 Å². The third-order valence-corrected chi connectivity index (χ3v) is 3.76. The molecule has 0 unspecified atom stereocenters. The molecule has 4 heteroatoms. The number of nitrogens with one attached hydrogen (secondary N) is 1. The summed E-state index contributed by atoms with van der Waals surface area (Å²) in [4.78, 5) is 13.2. The largest absolute Gasteiger partial charge is 0.481 e. The van der Waals surface area contributed by atoms with E-state index in [9.17, 15) is 4.79 Å². The molecule has 0 amide bonds. The molecule has 0 saturated carbocycles. The van der Waals surface area contributed by atoms with Crippen LogP contribution in [0.5, 0.6) is 0 Å². The van der Waals surface area contributed by atoms with Crippen molar-refractivity contribution in [1.82, 2.24) is 10.2 Å². The second-order valence-corrected chi connectivity index (χ2v) is 5.30. The van der Waals surface area contributed by atoms with Gasteiger partial charge < -0.3 is 15.3 Å². The van der Waals surface area contributed by atoms with Crippen molar-refractivity contribution >= 4 is 5.97 Å². The van der Waals surface area contributed by atoms with Gasteiger partial charge in [0, 0.05) is 12.6 Å². The highest BCUT2D eigenvalue weighted by Crippen LogP contribution is 2.12. The molecular weight excluding hydrogens is 240 g/mol. The van der Waals surface area contributed by atoms with Crippen LogP contribution in [0, 0.1) is 0 Å². The Bertz CT molecular complexity index is 426. The maximum absolute atomic E-state index is 10.8. The second kappa shape index (κ2) is 6.68. The SMILES string of the molecule is CN1CCC(NCc2ccccc2CC(=O)O)CC1. The average molecular weight is 262 g/mol. The smallest absolute Gasteiger partial charge is 0.307 e. The van der Waals surface area contributed by atoms with Crippen LogP contribution in [0.2, 0.25) is 0 Å². The van der Waals surface area contributed by atoms with E-state index in [1.54, 1.807) is 0 Å². The highest BCUT2D eigenvalue weighted by molar-refractivity contribution is 5.70. The van der Waals surface area contributed by atoms with Crippen molar-refractivity contribution in [3.63, 3.8) is 0 Å². The predicted molar refractivity (Wildman–Crippen MR) is 75.1 cm³/mol. The summed E-state index contributed by atoms with van der Waals surface area (Å²) in [7, 11) is 2.15. The molecule has 1 aliphatic heterocycles. The Balaban J connectivity index is 1.90. The minimum atomic E-state index is -0.772. The third-order valence-electron chi connectivity index (χ3n) is 3.76. The fourth-order valence-electron chi connectivity index (χ4n) is 2.53. The molecule has 104 valence electrons. The molecule has 1 saturated heterocycles. The summed E-state index contributed by atoms with van der Waals surface area (Å²) in [6.45, 7) is 3.03. The molecule has 2 N–H and O–H groups in total. The first-order valence-corrected chi connectivity index (χ1v) is 6.85. The molecule has 1 aromatic carbocycles. The van der Waals surface area contributed by atoms with E-state index in [1.165, 1.54) is 0 Å². The molecule has 2 rings (SSSR count). The molecule has 0 spiro atoms. The van der Waals surface area contributed by atoms with Crippen LogP contribution in [0.4, 0.5) is 0 Å². The first-order chi connectivity index (χ1) is 9.15. The summed E-state index contributed by atoms with van der Waals surface area (Å²) in [5.41, 5.74) is 2.01. The molecule has 0 atom stereocenters. The highest BCUT2D eigenvalue weighted by atomic mass is 16.4. The van der Waals surface area contributed by atoms with E-state index >= 15 is 0 Å². The first kappa shape index (κ1) is 14.0. The fourth-order valence-corrected chi connectivity index (χ4v) is 2.53. The fraction of sp³-hybridized carbons (Fsp3) is 0.533. The molecule has 1 aliphatic rings. The lowest BCUT2D eigenvalue weighted by molar-refractivity contribution is -0.136. The van der Waals surface area contributed by atoms with Crippen LogP contribution in [0.1, 0.15) is 24.0 Å². The van der Waals surface area contributed by atoms with Crippen LogP contribution in [-0.2, 0) is 17.8 Å². The zero-order valence-corrected chi connectivity index (χ0v) is 11.4. The van der Waals surface area contributed by atoms with Gasteiger partial charge in [-0.1, -0.05) is 24.3 Å². The van der Waals surface area contributed by atoms with Crippen molar-refractivity contribution in [2.24, 2.45) is 0 Å². The maximum atomic E-state index is 10.8.